The van der Waals surface area contributed by atoms with Crippen molar-refractivity contribution in [2.45, 2.75) is 45.7 Å². The van der Waals surface area contributed by atoms with Gasteiger partial charge < -0.3 is 11.1 Å². The number of aryl methyl sites for hydroxylation is 2. The summed E-state index contributed by atoms with van der Waals surface area (Å²) in [6, 6.07) is 10.1. The lowest BCUT2D eigenvalue weighted by Gasteiger charge is -2.19. The number of hydrogen-bond acceptors (Lipinski definition) is 3. The highest BCUT2D eigenvalue weighted by atomic mass is 16.1. The van der Waals surface area contributed by atoms with Crippen LogP contribution in [0.5, 0.6) is 0 Å². The lowest BCUT2D eigenvalue weighted by Crippen LogP contribution is -2.39. The molecule has 3 rings (SSSR count). The zero-order chi connectivity index (χ0) is 17.1. The number of amides is 1. The monoisotopic (exact) mass is 326 g/mol. The van der Waals surface area contributed by atoms with Crippen LogP contribution in [0.25, 0.3) is 0 Å². The Balaban J connectivity index is 1.70. The Morgan fingerprint density at radius 2 is 2.17 bits per heavy atom. The SMILES string of the molecule is Cc1cc(C)n(Cc2cccc(C(=O)NC3CCCC3CN)c2)n1. The standard InChI is InChI=1S/C19H26N4O/c1-13-9-14(2)23(22-13)12-15-5-3-6-16(10-15)19(24)21-18-8-4-7-17(18)11-20/h3,5-6,9-10,17-18H,4,7-8,11-12,20H2,1-2H3,(H,21,24). The van der Waals surface area contributed by atoms with E-state index in [0.29, 0.717) is 24.6 Å². The van der Waals surface area contributed by atoms with E-state index in [2.05, 4.69) is 16.5 Å². The van der Waals surface area contributed by atoms with Crippen molar-refractivity contribution in [3.05, 3.63) is 52.8 Å². The van der Waals surface area contributed by atoms with Crippen molar-refractivity contribution in [1.82, 2.24) is 15.1 Å². The molecule has 1 aliphatic carbocycles. The number of benzene rings is 1. The molecule has 1 fully saturated rings. The first kappa shape index (κ1) is 16.7. The van der Waals surface area contributed by atoms with Gasteiger partial charge in [0.25, 0.3) is 5.91 Å². The third-order valence-electron chi connectivity index (χ3n) is 4.90. The van der Waals surface area contributed by atoms with Crippen LogP contribution < -0.4 is 11.1 Å². The summed E-state index contributed by atoms with van der Waals surface area (Å²) < 4.78 is 1.97. The Hall–Kier alpha value is -2.14. The van der Waals surface area contributed by atoms with Gasteiger partial charge in [0.05, 0.1) is 12.2 Å². The molecule has 2 atom stereocenters. The number of hydrogen-bond donors (Lipinski definition) is 2. The van der Waals surface area contributed by atoms with Crippen molar-refractivity contribution in [2.24, 2.45) is 11.7 Å². The fourth-order valence-electron chi connectivity index (χ4n) is 3.58. The van der Waals surface area contributed by atoms with Crippen LogP contribution in [-0.4, -0.2) is 28.3 Å². The molecule has 1 aliphatic rings. The van der Waals surface area contributed by atoms with Gasteiger partial charge in [0.1, 0.15) is 0 Å². The molecular formula is C19H26N4O. The minimum absolute atomic E-state index is 0.00410. The summed E-state index contributed by atoms with van der Waals surface area (Å²) in [4.78, 5) is 12.6. The summed E-state index contributed by atoms with van der Waals surface area (Å²) in [6.07, 6.45) is 3.28. The first-order valence-corrected chi connectivity index (χ1v) is 8.67. The molecule has 1 aromatic heterocycles. The second-order valence-electron chi connectivity index (χ2n) is 6.79. The Bertz CT molecular complexity index is 722. The van der Waals surface area contributed by atoms with Gasteiger partial charge >= 0.3 is 0 Å². The summed E-state index contributed by atoms with van der Waals surface area (Å²) >= 11 is 0. The molecule has 0 aliphatic heterocycles. The van der Waals surface area contributed by atoms with Crippen LogP contribution in [-0.2, 0) is 6.54 Å². The van der Waals surface area contributed by atoms with Crippen LogP contribution in [0.1, 0.15) is 46.6 Å². The highest BCUT2D eigenvalue weighted by Gasteiger charge is 2.27. The number of carbonyl (C=O) groups excluding carboxylic acids is 1. The minimum Gasteiger partial charge on any atom is -0.349 e. The number of aromatic nitrogens is 2. The van der Waals surface area contributed by atoms with Crippen LogP contribution in [0.4, 0.5) is 0 Å². The van der Waals surface area contributed by atoms with Crippen LogP contribution in [0, 0.1) is 19.8 Å². The third kappa shape index (κ3) is 3.67. The summed E-state index contributed by atoms with van der Waals surface area (Å²) in [5.41, 5.74) is 9.72. The molecule has 0 saturated heterocycles. The number of nitrogens with one attached hydrogen (secondary N) is 1. The van der Waals surface area contributed by atoms with Gasteiger partial charge in [-0.3, -0.25) is 9.48 Å². The van der Waals surface area contributed by atoms with Crippen molar-refractivity contribution in [1.29, 1.82) is 0 Å². The molecule has 3 N–H and O–H groups in total. The fraction of sp³-hybridized carbons (Fsp3) is 0.474. The van der Waals surface area contributed by atoms with E-state index in [4.69, 9.17) is 5.73 Å². The number of nitrogens with zero attached hydrogens (tertiary/aromatic N) is 2. The topological polar surface area (TPSA) is 72.9 Å². The van der Waals surface area contributed by atoms with Gasteiger partial charge in [-0.25, -0.2) is 0 Å². The van der Waals surface area contributed by atoms with E-state index in [1.165, 1.54) is 0 Å². The maximum Gasteiger partial charge on any atom is 0.251 e. The van der Waals surface area contributed by atoms with E-state index in [-0.39, 0.29) is 11.9 Å². The fourth-order valence-corrected chi connectivity index (χ4v) is 3.58. The third-order valence-corrected chi connectivity index (χ3v) is 4.90. The molecule has 5 nitrogen and oxygen atoms in total. The Morgan fingerprint density at radius 3 is 2.88 bits per heavy atom. The molecule has 1 heterocycles. The van der Waals surface area contributed by atoms with E-state index >= 15 is 0 Å². The van der Waals surface area contributed by atoms with Crippen molar-refractivity contribution >= 4 is 5.91 Å². The van der Waals surface area contributed by atoms with Gasteiger partial charge in [0.2, 0.25) is 0 Å². The van der Waals surface area contributed by atoms with Gasteiger partial charge in [-0.15, -0.1) is 0 Å². The molecule has 24 heavy (non-hydrogen) atoms. The smallest absolute Gasteiger partial charge is 0.251 e. The number of carbonyl (C=O) groups is 1. The normalized spacial score (nSPS) is 20.3. The first-order chi connectivity index (χ1) is 11.6. The Morgan fingerprint density at radius 1 is 1.33 bits per heavy atom. The number of nitrogens with two attached hydrogens (primary N) is 1. The highest BCUT2D eigenvalue weighted by molar-refractivity contribution is 5.94. The molecule has 1 aromatic carbocycles. The number of rotatable bonds is 5. The van der Waals surface area contributed by atoms with Gasteiger partial charge in [-0.2, -0.15) is 5.10 Å². The van der Waals surface area contributed by atoms with Crippen molar-refractivity contribution in [3.63, 3.8) is 0 Å². The molecule has 2 unspecified atom stereocenters. The van der Waals surface area contributed by atoms with Crippen molar-refractivity contribution in [3.8, 4) is 0 Å². The zero-order valence-corrected chi connectivity index (χ0v) is 14.5. The molecule has 0 radical (unpaired) electrons. The molecule has 0 spiro atoms. The maximum absolute atomic E-state index is 12.6. The van der Waals surface area contributed by atoms with Gasteiger partial charge in [0.15, 0.2) is 0 Å². The molecule has 2 aromatic rings. The zero-order valence-electron chi connectivity index (χ0n) is 14.5. The lowest BCUT2D eigenvalue weighted by atomic mass is 10.0. The lowest BCUT2D eigenvalue weighted by molar-refractivity contribution is 0.0928. The second kappa shape index (κ2) is 7.18. The van der Waals surface area contributed by atoms with Crippen molar-refractivity contribution < 1.29 is 4.79 Å². The van der Waals surface area contributed by atoms with Crippen LogP contribution in [0.15, 0.2) is 30.3 Å². The van der Waals surface area contributed by atoms with E-state index in [9.17, 15) is 4.79 Å². The first-order valence-electron chi connectivity index (χ1n) is 8.67. The molecule has 1 saturated carbocycles. The molecule has 0 bridgehead atoms. The van der Waals surface area contributed by atoms with Gasteiger partial charge in [-0.05, 0) is 62.9 Å². The van der Waals surface area contributed by atoms with E-state index in [1.807, 2.05) is 42.8 Å². The Kier molecular flexibility index (Phi) is 5.00. The Labute approximate surface area is 143 Å². The van der Waals surface area contributed by atoms with Crippen LogP contribution in [0.2, 0.25) is 0 Å². The van der Waals surface area contributed by atoms with E-state index in [1.54, 1.807) is 0 Å². The largest absolute Gasteiger partial charge is 0.349 e. The minimum atomic E-state index is -0.00410. The van der Waals surface area contributed by atoms with Gasteiger partial charge in [0, 0.05) is 17.3 Å². The summed E-state index contributed by atoms with van der Waals surface area (Å²) in [6.45, 7) is 5.35. The van der Waals surface area contributed by atoms with E-state index < -0.39 is 0 Å². The maximum atomic E-state index is 12.6. The average Bonchev–Trinajstić information content (AvgIpc) is 3.13. The quantitative estimate of drug-likeness (QED) is 0.886. The molecule has 128 valence electrons. The molecule has 5 heteroatoms. The summed E-state index contributed by atoms with van der Waals surface area (Å²) in [5.74, 6) is 0.405. The predicted molar refractivity (Wildman–Crippen MR) is 94.9 cm³/mol. The molecule has 1 amide bonds. The van der Waals surface area contributed by atoms with Crippen molar-refractivity contribution in [2.75, 3.05) is 6.54 Å². The highest BCUT2D eigenvalue weighted by Crippen LogP contribution is 2.25. The summed E-state index contributed by atoms with van der Waals surface area (Å²) in [7, 11) is 0. The van der Waals surface area contributed by atoms with Gasteiger partial charge in [-0.1, -0.05) is 18.6 Å². The van der Waals surface area contributed by atoms with E-state index in [0.717, 1.165) is 36.2 Å². The summed E-state index contributed by atoms with van der Waals surface area (Å²) in [5, 5.41) is 7.65. The molecular weight excluding hydrogens is 300 g/mol. The van der Waals surface area contributed by atoms with Crippen LogP contribution in [0.3, 0.4) is 0 Å². The second-order valence-corrected chi connectivity index (χ2v) is 6.79. The van der Waals surface area contributed by atoms with Crippen LogP contribution >= 0.6 is 0 Å². The predicted octanol–water partition coefficient (Wildman–Crippen LogP) is 2.41. The average molecular weight is 326 g/mol.